The van der Waals surface area contributed by atoms with Gasteiger partial charge in [0.2, 0.25) is 0 Å². The molecule has 17 heteroatoms. The average Bonchev–Trinajstić information content (AvgIpc) is 2.83. The van der Waals surface area contributed by atoms with E-state index in [-0.39, 0.29) is 18.8 Å². The highest BCUT2D eigenvalue weighted by Gasteiger charge is 2.70. The largest absolute Gasteiger partial charge is 0.743 e. The molecular formula is C22H17F4I4O8S-. The summed E-state index contributed by atoms with van der Waals surface area (Å²) in [4.78, 5) is 26.5. The molecule has 4 bridgehead atoms. The van der Waals surface area contributed by atoms with Crippen molar-refractivity contribution in [3.63, 3.8) is 0 Å². The van der Waals surface area contributed by atoms with Crippen molar-refractivity contribution in [1.29, 1.82) is 0 Å². The number of alkyl halides is 4. The third kappa shape index (κ3) is 4.70. The summed E-state index contributed by atoms with van der Waals surface area (Å²) in [5.74, 6) is -8.21. The highest BCUT2D eigenvalue weighted by Crippen LogP contribution is 2.66. The van der Waals surface area contributed by atoms with E-state index in [1.54, 1.807) is 0 Å². The summed E-state index contributed by atoms with van der Waals surface area (Å²) in [5, 5.41) is -5.84. The minimum absolute atomic E-state index is 0.0526. The summed E-state index contributed by atoms with van der Waals surface area (Å²) in [6, 6.07) is 0. The van der Waals surface area contributed by atoms with Gasteiger partial charge in [-0.2, -0.15) is 17.6 Å². The van der Waals surface area contributed by atoms with E-state index in [2.05, 4.69) is 90.4 Å². The fourth-order valence-electron chi connectivity index (χ4n) is 6.53. The Hall–Kier alpha value is 0.510. The Morgan fingerprint density at radius 2 is 1.54 bits per heavy atom. The second-order valence-electron chi connectivity index (χ2n) is 10.4. The van der Waals surface area contributed by atoms with E-state index in [0.717, 1.165) is 10.7 Å². The van der Waals surface area contributed by atoms with Crippen LogP contribution in [-0.4, -0.2) is 48.5 Å². The van der Waals surface area contributed by atoms with E-state index in [0.29, 0.717) is 34.1 Å². The second-order valence-corrected chi connectivity index (χ2v) is 16.1. The highest BCUT2D eigenvalue weighted by molar-refractivity contribution is 14.1. The zero-order valence-electron chi connectivity index (χ0n) is 19.4. The Labute approximate surface area is 274 Å². The Kier molecular flexibility index (Phi) is 7.96. The van der Waals surface area contributed by atoms with Crippen molar-refractivity contribution in [3.8, 4) is 5.75 Å². The molecule has 216 valence electrons. The fourth-order valence-corrected chi connectivity index (χ4v) is 10.5. The van der Waals surface area contributed by atoms with Crippen LogP contribution in [0.1, 0.15) is 48.9 Å². The second kappa shape index (κ2) is 10.0. The fraction of sp³-hybridized carbons (Fsp3) is 0.636. The van der Waals surface area contributed by atoms with Crippen LogP contribution in [-0.2, 0) is 24.4 Å². The maximum atomic E-state index is 13.8. The first kappa shape index (κ1) is 31.0. The standard InChI is InChI=1S/C22H18F4I4O8S/c23-20(24,22(25,26)39(33,34)35)1-2-36-18(32)19-5-8-3-9(6-19)21(10(4-8)7-19)37-16-11(17(31)38-21)12(27)13(28)14(29)15(16)30/h8-10H,1-7H2,(H,33,34,35)/p-1. The van der Waals surface area contributed by atoms with Crippen molar-refractivity contribution in [2.45, 2.75) is 55.5 Å². The summed E-state index contributed by atoms with van der Waals surface area (Å²) in [6.45, 7) is -1.20. The van der Waals surface area contributed by atoms with Gasteiger partial charge in [-0.15, -0.1) is 0 Å². The maximum Gasteiger partial charge on any atom is 0.396 e. The van der Waals surface area contributed by atoms with Gasteiger partial charge in [-0.05, 0) is 128 Å². The molecule has 6 rings (SSSR count). The number of ether oxygens (including phenoxy) is 3. The zero-order chi connectivity index (χ0) is 28.9. The highest BCUT2D eigenvalue weighted by atomic mass is 127. The zero-order valence-corrected chi connectivity index (χ0v) is 28.8. The maximum absolute atomic E-state index is 13.8. The minimum atomic E-state index is -6.63. The van der Waals surface area contributed by atoms with E-state index in [1.165, 1.54) is 0 Å². The Balaban J connectivity index is 1.36. The van der Waals surface area contributed by atoms with Crippen molar-refractivity contribution in [3.05, 3.63) is 19.8 Å². The average molecular weight is 1030 g/mol. The van der Waals surface area contributed by atoms with Crippen LogP contribution in [0.4, 0.5) is 17.6 Å². The lowest BCUT2D eigenvalue weighted by atomic mass is 9.47. The Bertz CT molecular complexity index is 1370. The molecule has 0 saturated heterocycles. The number of halogens is 8. The summed E-state index contributed by atoms with van der Waals surface area (Å²) in [5.41, 5.74) is -0.765. The van der Waals surface area contributed by atoms with E-state index in [1.807, 2.05) is 0 Å². The Morgan fingerprint density at radius 1 is 0.974 bits per heavy atom. The number of hydrogen-bond donors (Lipinski definition) is 0. The summed E-state index contributed by atoms with van der Waals surface area (Å²) >= 11 is 8.55. The van der Waals surface area contributed by atoms with Gasteiger partial charge in [-0.25, -0.2) is 13.2 Å². The van der Waals surface area contributed by atoms with E-state index in [4.69, 9.17) is 14.2 Å². The molecule has 5 aliphatic rings. The molecule has 1 aromatic rings. The molecule has 4 saturated carbocycles. The first-order valence-electron chi connectivity index (χ1n) is 11.5. The number of hydrogen-bond acceptors (Lipinski definition) is 8. The van der Waals surface area contributed by atoms with Crippen molar-refractivity contribution in [1.82, 2.24) is 0 Å². The molecule has 1 spiro atoms. The van der Waals surface area contributed by atoms with Gasteiger partial charge in [0.15, 0.2) is 15.9 Å². The van der Waals surface area contributed by atoms with Crippen LogP contribution in [0.5, 0.6) is 5.75 Å². The molecule has 2 unspecified atom stereocenters. The summed E-state index contributed by atoms with van der Waals surface area (Å²) in [7, 11) is -6.63. The quantitative estimate of drug-likeness (QED) is 0.0867. The molecule has 1 heterocycles. The molecule has 2 atom stereocenters. The van der Waals surface area contributed by atoms with Gasteiger partial charge < -0.3 is 18.8 Å². The lowest BCUT2D eigenvalue weighted by Gasteiger charge is -2.62. The van der Waals surface area contributed by atoms with Crippen LogP contribution < -0.4 is 4.74 Å². The number of carbonyl (C=O) groups excluding carboxylic acids is 2. The molecular weight excluding hydrogens is 1010 g/mol. The van der Waals surface area contributed by atoms with E-state index in [9.17, 15) is 40.1 Å². The van der Waals surface area contributed by atoms with Crippen molar-refractivity contribution in [2.24, 2.45) is 23.2 Å². The number of benzene rings is 1. The molecule has 0 N–H and O–H groups in total. The monoisotopic (exact) mass is 1020 g/mol. The first-order chi connectivity index (χ1) is 17.9. The van der Waals surface area contributed by atoms with Crippen molar-refractivity contribution >= 4 is 112 Å². The number of carbonyl (C=O) groups is 2. The number of esters is 2. The van der Waals surface area contributed by atoms with Gasteiger partial charge in [0, 0.05) is 22.5 Å². The normalized spacial score (nSPS) is 31.6. The van der Waals surface area contributed by atoms with Crippen LogP contribution in [0.25, 0.3) is 0 Å². The molecule has 8 nitrogen and oxygen atoms in total. The third-order valence-electron chi connectivity index (χ3n) is 8.09. The molecule has 1 aliphatic heterocycles. The Morgan fingerprint density at radius 3 is 2.10 bits per heavy atom. The molecule has 0 amide bonds. The van der Waals surface area contributed by atoms with Gasteiger partial charge >= 0.3 is 23.1 Å². The number of fused-ring (bicyclic) bond motifs is 1. The third-order valence-corrected chi connectivity index (χ3v) is 16.4. The molecule has 39 heavy (non-hydrogen) atoms. The first-order valence-corrected chi connectivity index (χ1v) is 17.3. The summed E-state index contributed by atoms with van der Waals surface area (Å²) < 4.78 is 107. The van der Waals surface area contributed by atoms with Crippen LogP contribution in [0, 0.1) is 37.4 Å². The smallest absolute Gasteiger partial charge is 0.396 e. The molecule has 0 radical (unpaired) electrons. The van der Waals surface area contributed by atoms with Crippen LogP contribution in [0.3, 0.4) is 0 Å². The molecule has 1 aromatic carbocycles. The van der Waals surface area contributed by atoms with Gasteiger partial charge in [-0.3, -0.25) is 4.79 Å². The van der Waals surface area contributed by atoms with E-state index < -0.39 is 69.3 Å². The van der Waals surface area contributed by atoms with Crippen molar-refractivity contribution in [2.75, 3.05) is 6.61 Å². The lowest BCUT2D eigenvalue weighted by Crippen LogP contribution is -2.68. The lowest BCUT2D eigenvalue weighted by molar-refractivity contribution is -0.294. The predicted octanol–water partition coefficient (Wildman–Crippen LogP) is 5.88. The SMILES string of the molecule is O=C1OC2(Oc3c(I)c(I)c(I)c(I)c31)C1CC3CC2CC(C(=O)OCCC(F)(F)C(F)(F)S(=O)(=O)[O-])(C3)C1. The minimum Gasteiger partial charge on any atom is -0.743 e. The van der Waals surface area contributed by atoms with Gasteiger partial charge in [-0.1, -0.05) is 0 Å². The number of rotatable bonds is 6. The molecule has 4 aliphatic carbocycles. The van der Waals surface area contributed by atoms with Gasteiger partial charge in [0.1, 0.15) is 5.56 Å². The van der Waals surface area contributed by atoms with Crippen LogP contribution in [0.15, 0.2) is 0 Å². The summed E-state index contributed by atoms with van der Waals surface area (Å²) in [6.07, 6.45) is 0.127. The topological polar surface area (TPSA) is 119 Å². The van der Waals surface area contributed by atoms with E-state index >= 15 is 0 Å². The van der Waals surface area contributed by atoms with Crippen LogP contribution in [0.2, 0.25) is 0 Å². The van der Waals surface area contributed by atoms with Gasteiger partial charge in [0.05, 0.1) is 22.0 Å². The predicted molar refractivity (Wildman–Crippen MR) is 157 cm³/mol. The van der Waals surface area contributed by atoms with Crippen LogP contribution >= 0.6 is 90.4 Å². The molecule has 4 fully saturated rings. The molecule has 0 aromatic heterocycles. The van der Waals surface area contributed by atoms with Gasteiger partial charge in [0.25, 0.3) is 5.79 Å². The van der Waals surface area contributed by atoms with Crippen molar-refractivity contribution < 1.29 is 54.3 Å².